The first-order valence-electron chi connectivity index (χ1n) is 12.4. The number of hydrogen-bond donors (Lipinski definition) is 0. The highest BCUT2D eigenvalue weighted by atomic mass is 16.7. The van der Waals surface area contributed by atoms with Gasteiger partial charge in [0.25, 0.3) is 0 Å². The fourth-order valence-electron chi connectivity index (χ4n) is 5.26. The molecule has 6 heteroatoms. The van der Waals surface area contributed by atoms with Gasteiger partial charge >= 0.3 is 5.97 Å². The second-order valence-electron chi connectivity index (χ2n) is 9.32. The maximum absolute atomic E-state index is 11.9. The van der Waals surface area contributed by atoms with Crippen molar-refractivity contribution >= 4 is 5.97 Å². The molecule has 2 aliphatic heterocycles. The van der Waals surface area contributed by atoms with E-state index in [-0.39, 0.29) is 30.0 Å². The maximum atomic E-state index is 11.9. The van der Waals surface area contributed by atoms with E-state index in [1.807, 2.05) is 24.3 Å². The van der Waals surface area contributed by atoms with Gasteiger partial charge in [-0.05, 0) is 55.2 Å². The van der Waals surface area contributed by atoms with E-state index in [0.717, 1.165) is 36.1 Å². The zero-order valence-corrected chi connectivity index (χ0v) is 20.4. The number of carbonyl (C=O) groups is 1. The van der Waals surface area contributed by atoms with Crippen molar-refractivity contribution in [2.24, 2.45) is 0 Å². The van der Waals surface area contributed by atoms with Crippen LogP contribution in [0, 0.1) is 11.8 Å². The molecule has 2 saturated heterocycles. The van der Waals surface area contributed by atoms with E-state index in [1.54, 1.807) is 13.8 Å². The zero-order chi connectivity index (χ0) is 24.3. The van der Waals surface area contributed by atoms with Crippen LogP contribution >= 0.6 is 0 Å². The molecule has 2 aromatic rings. The highest BCUT2D eigenvalue weighted by Crippen LogP contribution is 2.59. The third-order valence-electron chi connectivity index (χ3n) is 7.10. The number of hydrogen-bond acceptors (Lipinski definition) is 6. The average molecular weight is 477 g/mol. The number of rotatable bonds is 8. The summed E-state index contributed by atoms with van der Waals surface area (Å²) in [4.78, 5) is 11.9. The fraction of sp³-hybridized carbons (Fsp3) is 0.483. The SMILES string of the molecule is CC#C[C@@H](CC(=O)OCC)c1ccc(OCc2cccc(C34CCC5(CC3O4)OCCO5)c2)cc1. The molecule has 0 radical (unpaired) electrons. The van der Waals surface area contributed by atoms with Crippen molar-refractivity contribution in [2.45, 2.75) is 69.5 Å². The van der Waals surface area contributed by atoms with Gasteiger partial charge in [0, 0.05) is 12.8 Å². The van der Waals surface area contributed by atoms with Gasteiger partial charge in [0.2, 0.25) is 0 Å². The Hall–Kier alpha value is -2.85. The summed E-state index contributed by atoms with van der Waals surface area (Å²) in [7, 11) is 0. The minimum absolute atomic E-state index is 0.145. The molecule has 1 spiro atoms. The van der Waals surface area contributed by atoms with Crippen molar-refractivity contribution in [1.29, 1.82) is 0 Å². The number of carbonyl (C=O) groups excluding carboxylic acids is 1. The van der Waals surface area contributed by atoms with Gasteiger partial charge in [-0.25, -0.2) is 0 Å². The van der Waals surface area contributed by atoms with Crippen molar-refractivity contribution in [3.05, 3.63) is 65.2 Å². The molecule has 0 amide bonds. The maximum Gasteiger partial charge on any atom is 0.307 e. The second-order valence-corrected chi connectivity index (χ2v) is 9.32. The molecule has 2 aromatic carbocycles. The molecule has 0 bridgehead atoms. The van der Waals surface area contributed by atoms with E-state index in [1.165, 1.54) is 5.56 Å². The normalized spacial score (nSPS) is 24.7. The summed E-state index contributed by atoms with van der Waals surface area (Å²) < 4.78 is 29.1. The summed E-state index contributed by atoms with van der Waals surface area (Å²) in [6, 6.07) is 16.3. The molecule has 1 saturated carbocycles. The Morgan fingerprint density at radius 3 is 2.66 bits per heavy atom. The molecule has 3 aliphatic rings. The number of epoxide rings is 1. The van der Waals surface area contributed by atoms with Crippen LogP contribution in [-0.4, -0.2) is 37.7 Å². The van der Waals surface area contributed by atoms with Crippen LogP contribution < -0.4 is 4.74 Å². The third-order valence-corrected chi connectivity index (χ3v) is 7.10. The molecule has 184 valence electrons. The van der Waals surface area contributed by atoms with Gasteiger partial charge in [-0.2, -0.15) is 0 Å². The molecular weight excluding hydrogens is 444 g/mol. The van der Waals surface area contributed by atoms with Crippen LogP contribution in [0.5, 0.6) is 5.75 Å². The van der Waals surface area contributed by atoms with Crippen molar-refractivity contribution in [1.82, 2.24) is 0 Å². The number of esters is 1. The van der Waals surface area contributed by atoms with Crippen molar-refractivity contribution in [2.75, 3.05) is 19.8 Å². The van der Waals surface area contributed by atoms with Crippen LogP contribution in [0.3, 0.4) is 0 Å². The van der Waals surface area contributed by atoms with E-state index in [0.29, 0.717) is 26.4 Å². The predicted octanol–water partition coefficient (Wildman–Crippen LogP) is 4.85. The van der Waals surface area contributed by atoms with Crippen molar-refractivity contribution in [3.63, 3.8) is 0 Å². The second kappa shape index (κ2) is 10.0. The first-order valence-corrected chi connectivity index (χ1v) is 12.4. The lowest BCUT2D eigenvalue weighted by Gasteiger charge is -2.32. The Morgan fingerprint density at radius 1 is 1.14 bits per heavy atom. The smallest absolute Gasteiger partial charge is 0.307 e. The van der Waals surface area contributed by atoms with Gasteiger partial charge in [-0.1, -0.05) is 36.3 Å². The molecule has 1 aliphatic carbocycles. The average Bonchev–Trinajstić information content (AvgIpc) is 3.43. The Bertz CT molecular complexity index is 1110. The third kappa shape index (κ3) is 5.08. The van der Waals surface area contributed by atoms with Crippen LogP contribution in [0.4, 0.5) is 0 Å². The molecule has 3 fully saturated rings. The summed E-state index contributed by atoms with van der Waals surface area (Å²) in [6.07, 6.45) is 2.94. The minimum atomic E-state index is -0.435. The van der Waals surface area contributed by atoms with E-state index < -0.39 is 5.79 Å². The zero-order valence-electron chi connectivity index (χ0n) is 20.4. The molecule has 2 heterocycles. The standard InChI is InChI=1S/C29H32O6/c1-3-6-23(18-27(30)31-4-2)22-9-11-25(12-10-22)32-20-21-7-5-8-24(17-21)29-14-13-28(19-26(29)35-29)33-15-16-34-28/h5,7-12,17,23,26H,4,13-16,18-20H2,1-2H3/t23-,26?,29?/m0/s1. The predicted molar refractivity (Wildman–Crippen MR) is 130 cm³/mol. The molecule has 0 aromatic heterocycles. The number of benzene rings is 2. The highest BCUT2D eigenvalue weighted by molar-refractivity contribution is 5.71. The van der Waals surface area contributed by atoms with Crippen LogP contribution in [0.1, 0.15) is 62.1 Å². The topological polar surface area (TPSA) is 66.5 Å². The summed E-state index contributed by atoms with van der Waals surface area (Å²) in [5.74, 6) is 5.93. The summed E-state index contributed by atoms with van der Waals surface area (Å²) in [5.41, 5.74) is 3.06. The molecular formula is C29H32O6. The highest BCUT2D eigenvalue weighted by Gasteiger charge is 2.64. The lowest BCUT2D eigenvalue weighted by molar-refractivity contribution is -0.175. The first kappa shape index (κ1) is 23.9. The van der Waals surface area contributed by atoms with Crippen LogP contribution in [0.25, 0.3) is 0 Å². The molecule has 35 heavy (non-hydrogen) atoms. The lowest BCUT2D eigenvalue weighted by atomic mass is 9.80. The van der Waals surface area contributed by atoms with E-state index >= 15 is 0 Å². The van der Waals surface area contributed by atoms with Crippen molar-refractivity contribution < 1.29 is 28.5 Å². The van der Waals surface area contributed by atoms with Gasteiger partial charge in [0.15, 0.2) is 5.79 Å². The quantitative estimate of drug-likeness (QED) is 0.308. The summed E-state index contributed by atoms with van der Waals surface area (Å²) >= 11 is 0. The van der Waals surface area contributed by atoms with E-state index in [9.17, 15) is 4.79 Å². The van der Waals surface area contributed by atoms with Gasteiger partial charge in [0.1, 0.15) is 18.0 Å². The summed E-state index contributed by atoms with van der Waals surface area (Å²) in [6.45, 7) is 5.76. The fourth-order valence-corrected chi connectivity index (χ4v) is 5.26. The Kier molecular flexibility index (Phi) is 6.84. The lowest BCUT2D eigenvalue weighted by Crippen LogP contribution is -2.38. The van der Waals surface area contributed by atoms with Gasteiger partial charge < -0.3 is 23.7 Å². The van der Waals surface area contributed by atoms with Crippen LogP contribution in [0.15, 0.2) is 48.5 Å². The first-order chi connectivity index (χ1) is 17.1. The number of fused-ring (bicyclic) bond motifs is 1. The molecule has 3 atom stereocenters. The summed E-state index contributed by atoms with van der Waals surface area (Å²) in [5, 5.41) is 0. The Morgan fingerprint density at radius 2 is 1.94 bits per heavy atom. The van der Waals surface area contributed by atoms with Gasteiger partial charge in [0.05, 0.1) is 38.3 Å². The van der Waals surface area contributed by atoms with E-state index in [2.05, 4.69) is 36.1 Å². The van der Waals surface area contributed by atoms with Gasteiger partial charge in [-0.3, -0.25) is 4.79 Å². The molecule has 5 rings (SSSR count). The Labute approximate surface area is 206 Å². The van der Waals surface area contributed by atoms with Gasteiger partial charge in [-0.15, -0.1) is 5.92 Å². The van der Waals surface area contributed by atoms with Crippen LogP contribution in [0.2, 0.25) is 0 Å². The molecule has 6 nitrogen and oxygen atoms in total. The molecule has 0 N–H and O–H groups in total. The number of ether oxygens (including phenoxy) is 5. The largest absolute Gasteiger partial charge is 0.489 e. The Balaban J connectivity index is 1.19. The van der Waals surface area contributed by atoms with E-state index in [4.69, 9.17) is 23.7 Å². The van der Waals surface area contributed by atoms with Crippen LogP contribution in [-0.2, 0) is 35.9 Å². The molecule has 2 unspecified atom stereocenters. The monoisotopic (exact) mass is 476 g/mol. The van der Waals surface area contributed by atoms with Crippen molar-refractivity contribution in [3.8, 4) is 17.6 Å². The minimum Gasteiger partial charge on any atom is -0.489 e.